The van der Waals surface area contributed by atoms with Gasteiger partial charge in [-0.05, 0) is 23.6 Å². The van der Waals surface area contributed by atoms with E-state index in [0.717, 1.165) is 4.88 Å². The van der Waals surface area contributed by atoms with Crippen molar-refractivity contribution in [2.45, 2.75) is 0 Å². The van der Waals surface area contributed by atoms with E-state index in [2.05, 4.69) is 15.1 Å². The predicted molar refractivity (Wildman–Crippen MR) is 72.4 cm³/mol. The summed E-state index contributed by atoms with van der Waals surface area (Å²) in [7, 11) is 1.60. The molecule has 0 bridgehead atoms. The average molecular weight is 294 g/mol. The smallest absolute Gasteiger partial charge is 0.272 e. The highest BCUT2D eigenvalue weighted by molar-refractivity contribution is 7.13. The number of rotatable bonds is 3. The number of aromatic nitrogens is 3. The molecule has 0 aliphatic heterocycles. The Morgan fingerprint density at radius 3 is 2.95 bits per heavy atom. The quantitative estimate of drug-likeness (QED) is 0.739. The fourth-order valence-electron chi connectivity index (χ4n) is 1.54. The fourth-order valence-corrected chi connectivity index (χ4v) is 2.43. The first-order valence-electron chi connectivity index (χ1n) is 5.35. The second kappa shape index (κ2) is 4.99. The SMILES string of the molecule is COc1ccsc1-c1nc(-c2ccc(Cl)cn2)no1. The first-order valence-corrected chi connectivity index (χ1v) is 6.61. The van der Waals surface area contributed by atoms with Crippen LogP contribution in [0.3, 0.4) is 0 Å². The zero-order valence-corrected chi connectivity index (χ0v) is 11.4. The summed E-state index contributed by atoms with van der Waals surface area (Å²) in [4.78, 5) is 9.25. The van der Waals surface area contributed by atoms with Gasteiger partial charge in [0, 0.05) is 6.20 Å². The Bertz CT molecular complexity index is 693. The second-order valence-electron chi connectivity index (χ2n) is 3.60. The molecule has 0 saturated heterocycles. The molecule has 0 aromatic carbocycles. The summed E-state index contributed by atoms with van der Waals surface area (Å²) < 4.78 is 10.5. The minimum absolute atomic E-state index is 0.415. The molecule has 0 radical (unpaired) electrons. The Morgan fingerprint density at radius 1 is 1.32 bits per heavy atom. The van der Waals surface area contributed by atoms with Crippen LogP contribution in [0.4, 0.5) is 0 Å². The number of pyridine rings is 1. The van der Waals surface area contributed by atoms with Crippen LogP contribution in [0, 0.1) is 0 Å². The molecular weight excluding hydrogens is 286 g/mol. The third-order valence-corrected chi connectivity index (χ3v) is 3.53. The fraction of sp³-hybridized carbons (Fsp3) is 0.0833. The lowest BCUT2D eigenvalue weighted by molar-refractivity contribution is 0.408. The van der Waals surface area contributed by atoms with Gasteiger partial charge in [0.2, 0.25) is 5.82 Å². The maximum atomic E-state index is 5.78. The van der Waals surface area contributed by atoms with Crippen LogP contribution in [-0.2, 0) is 0 Å². The van der Waals surface area contributed by atoms with Crippen LogP contribution in [0.1, 0.15) is 0 Å². The predicted octanol–water partition coefficient (Wildman–Crippen LogP) is 3.52. The minimum atomic E-state index is 0.415. The molecule has 0 spiro atoms. The molecule has 3 rings (SSSR count). The number of hydrogen-bond donors (Lipinski definition) is 0. The van der Waals surface area contributed by atoms with Gasteiger partial charge >= 0.3 is 0 Å². The van der Waals surface area contributed by atoms with Crippen LogP contribution >= 0.6 is 22.9 Å². The summed E-state index contributed by atoms with van der Waals surface area (Å²) in [6.45, 7) is 0. The molecule has 0 fully saturated rings. The van der Waals surface area contributed by atoms with Crippen molar-refractivity contribution in [1.82, 2.24) is 15.1 Å². The van der Waals surface area contributed by atoms with Gasteiger partial charge < -0.3 is 9.26 Å². The first kappa shape index (κ1) is 12.1. The van der Waals surface area contributed by atoms with Crippen molar-refractivity contribution >= 4 is 22.9 Å². The summed E-state index contributed by atoms with van der Waals surface area (Å²) in [5.74, 6) is 1.55. The van der Waals surface area contributed by atoms with E-state index in [1.165, 1.54) is 11.3 Å². The molecule has 3 aromatic heterocycles. The van der Waals surface area contributed by atoms with Crippen LogP contribution in [0.5, 0.6) is 5.75 Å². The summed E-state index contributed by atoms with van der Waals surface area (Å²) in [6, 6.07) is 5.32. The van der Waals surface area contributed by atoms with Gasteiger partial charge in [0.25, 0.3) is 5.89 Å². The number of hydrogen-bond acceptors (Lipinski definition) is 6. The van der Waals surface area contributed by atoms with Gasteiger partial charge in [-0.1, -0.05) is 16.8 Å². The van der Waals surface area contributed by atoms with Crippen molar-refractivity contribution in [3.05, 3.63) is 34.8 Å². The Balaban J connectivity index is 1.97. The third kappa shape index (κ3) is 2.32. The highest BCUT2D eigenvalue weighted by Gasteiger charge is 2.16. The Morgan fingerprint density at radius 2 is 2.21 bits per heavy atom. The number of ether oxygens (including phenoxy) is 1. The molecular formula is C12H8ClN3O2S. The minimum Gasteiger partial charge on any atom is -0.495 e. The summed E-state index contributed by atoms with van der Waals surface area (Å²) in [5, 5.41) is 6.37. The molecule has 0 unspecified atom stereocenters. The maximum Gasteiger partial charge on any atom is 0.272 e. The van der Waals surface area contributed by atoms with E-state index in [0.29, 0.717) is 28.2 Å². The number of methoxy groups -OCH3 is 1. The van der Waals surface area contributed by atoms with Gasteiger partial charge in [0.05, 0.1) is 12.1 Å². The molecule has 0 amide bonds. The first-order chi connectivity index (χ1) is 9.28. The lowest BCUT2D eigenvalue weighted by Crippen LogP contribution is -1.85. The normalized spacial score (nSPS) is 10.6. The van der Waals surface area contributed by atoms with Gasteiger partial charge in [-0.3, -0.25) is 4.98 Å². The second-order valence-corrected chi connectivity index (χ2v) is 4.96. The molecule has 0 saturated carbocycles. The average Bonchev–Trinajstić information content (AvgIpc) is 3.07. The highest BCUT2D eigenvalue weighted by Crippen LogP contribution is 2.34. The Kier molecular flexibility index (Phi) is 3.18. The van der Waals surface area contributed by atoms with Gasteiger partial charge in [-0.25, -0.2) is 0 Å². The van der Waals surface area contributed by atoms with Crippen LogP contribution in [0.25, 0.3) is 22.3 Å². The van der Waals surface area contributed by atoms with Gasteiger partial charge in [0.15, 0.2) is 0 Å². The number of nitrogens with zero attached hydrogens (tertiary/aromatic N) is 3. The van der Waals surface area contributed by atoms with Gasteiger partial charge in [-0.15, -0.1) is 11.3 Å². The standard InChI is InChI=1S/C12H8ClN3O2S/c1-17-9-4-5-19-10(9)12-15-11(16-18-12)8-3-2-7(13)6-14-8/h2-6H,1H3. The summed E-state index contributed by atoms with van der Waals surface area (Å²) in [5.41, 5.74) is 0.606. The summed E-state index contributed by atoms with van der Waals surface area (Å²) in [6.07, 6.45) is 1.54. The zero-order chi connectivity index (χ0) is 13.2. The Labute approximate surface area is 117 Å². The van der Waals surface area contributed by atoms with Crippen molar-refractivity contribution in [1.29, 1.82) is 0 Å². The van der Waals surface area contributed by atoms with E-state index in [4.69, 9.17) is 20.9 Å². The van der Waals surface area contributed by atoms with E-state index in [1.807, 2.05) is 11.4 Å². The van der Waals surface area contributed by atoms with E-state index in [9.17, 15) is 0 Å². The van der Waals surface area contributed by atoms with Crippen LogP contribution in [0.15, 0.2) is 34.3 Å². The van der Waals surface area contributed by atoms with Crippen molar-refractivity contribution in [3.63, 3.8) is 0 Å². The molecule has 0 N–H and O–H groups in total. The van der Waals surface area contributed by atoms with Crippen LogP contribution < -0.4 is 4.74 Å². The van der Waals surface area contributed by atoms with E-state index < -0.39 is 0 Å². The van der Waals surface area contributed by atoms with E-state index >= 15 is 0 Å². The van der Waals surface area contributed by atoms with Crippen LogP contribution in [0.2, 0.25) is 5.02 Å². The van der Waals surface area contributed by atoms with E-state index in [1.54, 1.807) is 25.4 Å². The lowest BCUT2D eigenvalue weighted by Gasteiger charge is -1.95. The van der Waals surface area contributed by atoms with Gasteiger partial charge in [-0.2, -0.15) is 4.98 Å². The molecule has 5 nitrogen and oxygen atoms in total. The largest absolute Gasteiger partial charge is 0.495 e. The lowest BCUT2D eigenvalue weighted by atomic mass is 10.3. The van der Waals surface area contributed by atoms with Gasteiger partial charge in [0.1, 0.15) is 16.3 Å². The molecule has 19 heavy (non-hydrogen) atoms. The molecule has 96 valence electrons. The Hall–Kier alpha value is -1.92. The molecule has 7 heteroatoms. The van der Waals surface area contributed by atoms with Crippen molar-refractivity contribution in [2.24, 2.45) is 0 Å². The maximum absolute atomic E-state index is 5.78. The molecule has 3 heterocycles. The molecule has 3 aromatic rings. The monoisotopic (exact) mass is 293 g/mol. The number of halogens is 1. The summed E-state index contributed by atoms with van der Waals surface area (Å²) >= 11 is 7.26. The molecule has 0 aliphatic carbocycles. The highest BCUT2D eigenvalue weighted by atomic mass is 35.5. The molecule has 0 aliphatic rings. The van der Waals surface area contributed by atoms with Crippen molar-refractivity contribution in [2.75, 3.05) is 7.11 Å². The van der Waals surface area contributed by atoms with Crippen molar-refractivity contribution in [3.8, 4) is 28.0 Å². The number of thiophene rings is 1. The van der Waals surface area contributed by atoms with E-state index in [-0.39, 0.29) is 0 Å². The topological polar surface area (TPSA) is 61.0 Å². The third-order valence-electron chi connectivity index (χ3n) is 2.43. The zero-order valence-electron chi connectivity index (χ0n) is 9.83. The van der Waals surface area contributed by atoms with Crippen LogP contribution in [-0.4, -0.2) is 22.2 Å². The molecule has 0 atom stereocenters. The van der Waals surface area contributed by atoms with Crippen molar-refractivity contribution < 1.29 is 9.26 Å².